The Morgan fingerprint density at radius 1 is 1.23 bits per heavy atom. The fraction of sp³-hybridized carbons (Fsp3) is 0.263. The predicted molar refractivity (Wildman–Crippen MR) is 100 cm³/mol. The average molecular weight is 374 g/mol. The Balaban J connectivity index is 1.71. The second-order valence-corrected chi connectivity index (χ2v) is 6.72. The van der Waals surface area contributed by atoms with E-state index < -0.39 is 12.0 Å². The van der Waals surface area contributed by atoms with Gasteiger partial charge in [0.25, 0.3) is 5.91 Å². The van der Waals surface area contributed by atoms with Crippen molar-refractivity contribution >= 4 is 29.1 Å². The highest BCUT2D eigenvalue weighted by atomic mass is 35.5. The molecule has 2 amide bonds. The van der Waals surface area contributed by atoms with E-state index >= 15 is 0 Å². The summed E-state index contributed by atoms with van der Waals surface area (Å²) in [4.78, 5) is 27.9. The number of carbonyl (C=O) groups is 2. The first-order valence-corrected chi connectivity index (χ1v) is 8.60. The van der Waals surface area contributed by atoms with Crippen molar-refractivity contribution in [3.05, 3.63) is 59.1 Å². The number of carbonyl (C=O) groups excluding carboxylic acids is 2. The SMILES string of the molecule is CN(CC(=O)N1C[C@@H](C(N)=O)Oc2ccccc21)Cc1ccc(Cl)cc1. The summed E-state index contributed by atoms with van der Waals surface area (Å²) in [6.45, 7) is 0.913. The largest absolute Gasteiger partial charge is 0.477 e. The smallest absolute Gasteiger partial charge is 0.260 e. The fourth-order valence-corrected chi connectivity index (χ4v) is 3.02. The Labute approximate surface area is 157 Å². The van der Waals surface area contributed by atoms with Crippen molar-refractivity contribution in [3.63, 3.8) is 0 Å². The van der Waals surface area contributed by atoms with Gasteiger partial charge in [-0.05, 0) is 36.9 Å². The molecular formula is C19H20ClN3O3. The highest BCUT2D eigenvalue weighted by Gasteiger charge is 2.32. The van der Waals surface area contributed by atoms with Gasteiger partial charge in [0.15, 0.2) is 6.10 Å². The Hall–Kier alpha value is -2.57. The number of ether oxygens (including phenoxy) is 1. The minimum atomic E-state index is -0.851. The summed E-state index contributed by atoms with van der Waals surface area (Å²) in [7, 11) is 1.87. The first-order chi connectivity index (χ1) is 12.4. The first kappa shape index (κ1) is 18.2. The Kier molecular flexibility index (Phi) is 5.44. The monoisotopic (exact) mass is 373 g/mol. The van der Waals surface area contributed by atoms with Crippen LogP contribution in [-0.2, 0) is 16.1 Å². The fourth-order valence-electron chi connectivity index (χ4n) is 2.89. The number of likely N-dealkylation sites (N-methyl/N-ethyl adjacent to an activating group) is 1. The van der Waals surface area contributed by atoms with E-state index in [-0.39, 0.29) is 19.0 Å². The molecule has 2 aromatic carbocycles. The van der Waals surface area contributed by atoms with Crippen LogP contribution in [0.25, 0.3) is 0 Å². The standard InChI is InChI=1S/C19H20ClN3O3/c1-22(10-13-6-8-14(20)9-7-13)12-18(24)23-11-17(19(21)25)26-16-5-3-2-4-15(16)23/h2-9,17H,10-12H2,1H3,(H2,21,25)/t17-/m0/s1. The lowest BCUT2D eigenvalue weighted by Crippen LogP contribution is -2.51. The maximum atomic E-state index is 12.8. The van der Waals surface area contributed by atoms with Crippen molar-refractivity contribution < 1.29 is 14.3 Å². The summed E-state index contributed by atoms with van der Waals surface area (Å²) >= 11 is 5.90. The molecule has 1 atom stereocenters. The zero-order chi connectivity index (χ0) is 18.7. The van der Waals surface area contributed by atoms with Crippen molar-refractivity contribution in [2.24, 2.45) is 5.73 Å². The van der Waals surface area contributed by atoms with E-state index in [9.17, 15) is 9.59 Å². The summed E-state index contributed by atoms with van der Waals surface area (Å²) in [6, 6.07) is 14.6. The summed E-state index contributed by atoms with van der Waals surface area (Å²) in [6.07, 6.45) is -0.851. The number of hydrogen-bond donors (Lipinski definition) is 1. The highest BCUT2D eigenvalue weighted by Crippen LogP contribution is 2.33. The molecule has 26 heavy (non-hydrogen) atoms. The Morgan fingerprint density at radius 3 is 2.62 bits per heavy atom. The van der Waals surface area contributed by atoms with Gasteiger partial charge in [-0.25, -0.2) is 0 Å². The molecule has 3 rings (SSSR count). The highest BCUT2D eigenvalue weighted by molar-refractivity contribution is 6.30. The van der Waals surface area contributed by atoms with Crippen molar-refractivity contribution in [2.75, 3.05) is 25.0 Å². The van der Waals surface area contributed by atoms with E-state index in [0.717, 1.165) is 5.56 Å². The molecule has 0 unspecified atom stereocenters. The van der Waals surface area contributed by atoms with Gasteiger partial charge < -0.3 is 15.4 Å². The Morgan fingerprint density at radius 2 is 1.92 bits per heavy atom. The van der Waals surface area contributed by atoms with Gasteiger partial charge in [-0.1, -0.05) is 35.9 Å². The average Bonchev–Trinajstić information content (AvgIpc) is 2.62. The van der Waals surface area contributed by atoms with Crippen LogP contribution in [-0.4, -0.2) is 43.0 Å². The number of amides is 2. The van der Waals surface area contributed by atoms with Gasteiger partial charge in [-0.15, -0.1) is 0 Å². The van der Waals surface area contributed by atoms with Crippen LogP contribution in [0.15, 0.2) is 48.5 Å². The number of para-hydroxylation sites is 2. The maximum absolute atomic E-state index is 12.8. The second kappa shape index (κ2) is 7.76. The van der Waals surface area contributed by atoms with Gasteiger partial charge in [0.1, 0.15) is 5.75 Å². The Bertz CT molecular complexity index is 810. The number of halogens is 1. The summed E-state index contributed by atoms with van der Waals surface area (Å²) in [5.41, 5.74) is 7.08. The van der Waals surface area contributed by atoms with Gasteiger partial charge in [0, 0.05) is 11.6 Å². The number of primary amides is 1. The maximum Gasteiger partial charge on any atom is 0.260 e. The molecule has 0 saturated heterocycles. The van der Waals surface area contributed by atoms with E-state index in [0.29, 0.717) is 23.0 Å². The molecule has 0 bridgehead atoms. The van der Waals surface area contributed by atoms with Crippen LogP contribution >= 0.6 is 11.6 Å². The quantitative estimate of drug-likeness (QED) is 0.870. The molecule has 2 N–H and O–H groups in total. The third-order valence-electron chi connectivity index (χ3n) is 4.16. The van der Waals surface area contributed by atoms with Crippen LogP contribution in [0.5, 0.6) is 5.75 Å². The molecule has 1 heterocycles. The van der Waals surface area contributed by atoms with Crippen molar-refractivity contribution in [2.45, 2.75) is 12.6 Å². The zero-order valence-corrected chi connectivity index (χ0v) is 15.1. The molecule has 136 valence electrons. The molecule has 7 heteroatoms. The van der Waals surface area contributed by atoms with E-state index in [4.69, 9.17) is 22.1 Å². The van der Waals surface area contributed by atoms with E-state index in [2.05, 4.69) is 0 Å². The number of nitrogens with zero attached hydrogens (tertiary/aromatic N) is 2. The number of anilines is 1. The van der Waals surface area contributed by atoms with Gasteiger partial charge in [-0.2, -0.15) is 0 Å². The molecular weight excluding hydrogens is 354 g/mol. The van der Waals surface area contributed by atoms with Crippen molar-refractivity contribution in [1.82, 2.24) is 4.90 Å². The molecule has 6 nitrogen and oxygen atoms in total. The topological polar surface area (TPSA) is 75.9 Å². The summed E-state index contributed by atoms with van der Waals surface area (Å²) in [5.74, 6) is -0.230. The number of benzene rings is 2. The van der Waals surface area contributed by atoms with Gasteiger partial charge in [0.2, 0.25) is 5.91 Å². The molecule has 1 aliphatic heterocycles. The summed E-state index contributed by atoms with van der Waals surface area (Å²) < 4.78 is 5.59. The molecule has 0 radical (unpaired) electrons. The normalized spacial score (nSPS) is 16.1. The van der Waals surface area contributed by atoms with Gasteiger partial charge >= 0.3 is 0 Å². The molecule has 1 aliphatic rings. The number of fused-ring (bicyclic) bond motifs is 1. The van der Waals surface area contributed by atoms with Crippen LogP contribution < -0.4 is 15.4 Å². The van der Waals surface area contributed by atoms with Crippen LogP contribution in [0, 0.1) is 0 Å². The van der Waals surface area contributed by atoms with Crippen LogP contribution in [0.4, 0.5) is 5.69 Å². The van der Waals surface area contributed by atoms with Gasteiger partial charge in [-0.3, -0.25) is 14.5 Å². The van der Waals surface area contributed by atoms with Crippen LogP contribution in [0.2, 0.25) is 5.02 Å². The molecule has 0 fully saturated rings. The summed E-state index contributed by atoms with van der Waals surface area (Å²) in [5, 5.41) is 0.676. The lowest BCUT2D eigenvalue weighted by molar-refractivity contribution is -0.125. The van der Waals surface area contributed by atoms with E-state index in [1.807, 2.05) is 42.3 Å². The second-order valence-electron chi connectivity index (χ2n) is 6.28. The molecule has 0 saturated carbocycles. The van der Waals surface area contributed by atoms with Gasteiger partial charge in [0.05, 0.1) is 18.8 Å². The lowest BCUT2D eigenvalue weighted by Gasteiger charge is -2.34. The minimum absolute atomic E-state index is 0.111. The van der Waals surface area contributed by atoms with Crippen molar-refractivity contribution in [3.8, 4) is 5.75 Å². The minimum Gasteiger partial charge on any atom is -0.477 e. The molecule has 0 aliphatic carbocycles. The van der Waals surface area contributed by atoms with Crippen LogP contribution in [0.1, 0.15) is 5.56 Å². The van der Waals surface area contributed by atoms with E-state index in [1.54, 1.807) is 23.1 Å². The predicted octanol–water partition coefficient (Wildman–Crippen LogP) is 2.05. The van der Waals surface area contributed by atoms with Crippen LogP contribution in [0.3, 0.4) is 0 Å². The molecule has 2 aromatic rings. The van der Waals surface area contributed by atoms with Crippen molar-refractivity contribution in [1.29, 1.82) is 0 Å². The zero-order valence-electron chi connectivity index (χ0n) is 14.4. The molecule has 0 aromatic heterocycles. The first-order valence-electron chi connectivity index (χ1n) is 8.22. The number of hydrogen-bond acceptors (Lipinski definition) is 4. The van der Waals surface area contributed by atoms with E-state index in [1.165, 1.54) is 0 Å². The lowest BCUT2D eigenvalue weighted by atomic mass is 10.1. The number of rotatable bonds is 5. The third kappa shape index (κ3) is 4.15. The molecule has 0 spiro atoms. The number of nitrogens with two attached hydrogens (primary N) is 1. The third-order valence-corrected chi connectivity index (χ3v) is 4.41.